The van der Waals surface area contributed by atoms with Crippen LogP contribution >= 0.6 is 0 Å². The number of fused-ring (bicyclic) bond motifs is 1. The molecule has 0 spiro atoms. The second-order valence-corrected chi connectivity index (χ2v) is 6.93. The van der Waals surface area contributed by atoms with E-state index in [2.05, 4.69) is 15.8 Å². The molecule has 0 saturated carbocycles. The van der Waals surface area contributed by atoms with Gasteiger partial charge in [-0.1, -0.05) is 18.2 Å². The number of amides is 1. The minimum atomic E-state index is -4.74. The SMILES string of the molecule is O=C(c1ccc(OC(F)(F)F)cc1)N1CCC(c2c[nH]c3ccccc23)CC1. The lowest BCUT2D eigenvalue weighted by molar-refractivity contribution is -0.274. The van der Waals surface area contributed by atoms with Gasteiger partial charge in [0.15, 0.2) is 0 Å². The fourth-order valence-corrected chi connectivity index (χ4v) is 3.81. The third-order valence-electron chi connectivity index (χ3n) is 5.18. The third kappa shape index (κ3) is 3.83. The van der Waals surface area contributed by atoms with Crippen molar-refractivity contribution < 1.29 is 22.7 Å². The quantitative estimate of drug-likeness (QED) is 0.680. The van der Waals surface area contributed by atoms with Crippen LogP contribution in [-0.4, -0.2) is 35.2 Å². The zero-order valence-corrected chi connectivity index (χ0v) is 15.0. The Balaban J connectivity index is 1.40. The number of piperidine rings is 1. The molecule has 4 rings (SSSR count). The van der Waals surface area contributed by atoms with Gasteiger partial charge >= 0.3 is 6.36 Å². The van der Waals surface area contributed by atoms with Crippen molar-refractivity contribution in [2.75, 3.05) is 13.1 Å². The number of hydrogen-bond donors (Lipinski definition) is 1. The Bertz CT molecular complexity index is 971. The van der Waals surface area contributed by atoms with Gasteiger partial charge in [0.05, 0.1) is 0 Å². The minimum Gasteiger partial charge on any atom is -0.406 e. The van der Waals surface area contributed by atoms with E-state index in [4.69, 9.17) is 0 Å². The summed E-state index contributed by atoms with van der Waals surface area (Å²) in [7, 11) is 0. The lowest BCUT2D eigenvalue weighted by Crippen LogP contribution is -2.37. The second-order valence-electron chi connectivity index (χ2n) is 6.93. The standard InChI is InChI=1S/C21H19F3N2O2/c22-21(23,24)28-16-7-5-15(6-8-16)20(27)26-11-9-14(10-12-26)18-13-25-19-4-2-1-3-17(18)19/h1-8,13-14,25H,9-12H2. The molecule has 1 fully saturated rings. The maximum Gasteiger partial charge on any atom is 0.573 e. The Morgan fingerprint density at radius 3 is 2.39 bits per heavy atom. The van der Waals surface area contributed by atoms with E-state index in [1.54, 1.807) is 4.90 Å². The lowest BCUT2D eigenvalue weighted by atomic mass is 9.89. The van der Waals surface area contributed by atoms with Crippen molar-refractivity contribution in [1.82, 2.24) is 9.88 Å². The van der Waals surface area contributed by atoms with E-state index in [9.17, 15) is 18.0 Å². The molecule has 1 saturated heterocycles. The number of aromatic nitrogens is 1. The maximum atomic E-state index is 12.7. The Hall–Kier alpha value is -2.96. The zero-order chi connectivity index (χ0) is 19.7. The average molecular weight is 388 g/mol. The number of halogens is 3. The number of H-pyrrole nitrogens is 1. The Labute approximate surface area is 159 Å². The van der Waals surface area contributed by atoms with E-state index >= 15 is 0 Å². The van der Waals surface area contributed by atoms with Crippen LogP contribution in [0.5, 0.6) is 5.75 Å². The molecule has 4 nitrogen and oxygen atoms in total. The molecule has 28 heavy (non-hydrogen) atoms. The number of alkyl halides is 3. The highest BCUT2D eigenvalue weighted by Crippen LogP contribution is 2.33. The zero-order valence-electron chi connectivity index (χ0n) is 15.0. The van der Waals surface area contributed by atoms with Gasteiger partial charge in [0, 0.05) is 35.8 Å². The van der Waals surface area contributed by atoms with Crippen molar-refractivity contribution in [2.24, 2.45) is 0 Å². The van der Waals surface area contributed by atoms with Gasteiger partial charge in [0.1, 0.15) is 5.75 Å². The van der Waals surface area contributed by atoms with Gasteiger partial charge < -0.3 is 14.6 Å². The van der Waals surface area contributed by atoms with Crippen molar-refractivity contribution >= 4 is 16.8 Å². The lowest BCUT2D eigenvalue weighted by Gasteiger charge is -2.32. The molecule has 146 valence electrons. The largest absolute Gasteiger partial charge is 0.573 e. The van der Waals surface area contributed by atoms with Gasteiger partial charge in [-0.2, -0.15) is 0 Å². The van der Waals surface area contributed by atoms with E-state index in [-0.39, 0.29) is 11.7 Å². The van der Waals surface area contributed by atoms with Crippen LogP contribution in [0.15, 0.2) is 54.7 Å². The summed E-state index contributed by atoms with van der Waals surface area (Å²) < 4.78 is 40.6. The number of carbonyl (C=O) groups excluding carboxylic acids is 1. The number of aromatic amines is 1. The molecule has 1 aromatic heterocycles. The summed E-state index contributed by atoms with van der Waals surface area (Å²) in [6.45, 7) is 1.23. The van der Waals surface area contributed by atoms with Crippen LogP contribution in [0.25, 0.3) is 10.9 Å². The molecule has 7 heteroatoms. The number of para-hydroxylation sites is 1. The number of benzene rings is 2. The van der Waals surface area contributed by atoms with Gasteiger partial charge in [-0.15, -0.1) is 13.2 Å². The van der Waals surface area contributed by atoms with Gasteiger partial charge in [0.2, 0.25) is 0 Å². The smallest absolute Gasteiger partial charge is 0.406 e. The van der Waals surface area contributed by atoms with Crippen LogP contribution in [0, 0.1) is 0 Å². The van der Waals surface area contributed by atoms with Crippen molar-refractivity contribution in [2.45, 2.75) is 25.1 Å². The summed E-state index contributed by atoms with van der Waals surface area (Å²) in [5.74, 6) is -0.124. The summed E-state index contributed by atoms with van der Waals surface area (Å²) in [5.41, 5.74) is 2.74. The number of nitrogens with one attached hydrogen (secondary N) is 1. The van der Waals surface area contributed by atoms with Crippen molar-refractivity contribution in [3.8, 4) is 5.75 Å². The molecule has 1 aliphatic heterocycles. The first-order chi connectivity index (χ1) is 13.4. The van der Waals surface area contributed by atoms with Gasteiger partial charge in [-0.05, 0) is 54.7 Å². The maximum absolute atomic E-state index is 12.7. The molecule has 0 atom stereocenters. The van der Waals surface area contributed by atoms with Crippen molar-refractivity contribution in [1.29, 1.82) is 0 Å². The van der Waals surface area contributed by atoms with E-state index in [1.165, 1.54) is 35.2 Å². The average Bonchev–Trinajstić information content (AvgIpc) is 3.11. The van der Waals surface area contributed by atoms with Gasteiger partial charge in [-0.25, -0.2) is 0 Å². The van der Waals surface area contributed by atoms with Crippen LogP contribution in [0.2, 0.25) is 0 Å². The number of nitrogens with zero attached hydrogens (tertiary/aromatic N) is 1. The molecule has 0 unspecified atom stereocenters. The number of likely N-dealkylation sites (tertiary alicyclic amines) is 1. The highest BCUT2D eigenvalue weighted by molar-refractivity contribution is 5.94. The normalized spacial score (nSPS) is 15.8. The first-order valence-electron chi connectivity index (χ1n) is 9.12. The topological polar surface area (TPSA) is 45.3 Å². The molecule has 1 N–H and O–H groups in total. The molecular formula is C21H19F3N2O2. The van der Waals surface area contributed by atoms with Crippen molar-refractivity contribution in [3.63, 3.8) is 0 Å². The highest BCUT2D eigenvalue weighted by atomic mass is 19.4. The van der Waals surface area contributed by atoms with Crippen LogP contribution in [0.1, 0.15) is 34.7 Å². The molecule has 3 aromatic rings. The second kappa shape index (κ2) is 7.22. The van der Waals surface area contributed by atoms with Gasteiger partial charge in [-0.3, -0.25) is 4.79 Å². The Morgan fingerprint density at radius 1 is 1.04 bits per heavy atom. The monoisotopic (exact) mass is 388 g/mol. The Morgan fingerprint density at radius 2 is 1.71 bits per heavy atom. The first-order valence-corrected chi connectivity index (χ1v) is 9.12. The number of rotatable bonds is 3. The Kier molecular flexibility index (Phi) is 4.75. The van der Waals surface area contributed by atoms with Crippen LogP contribution < -0.4 is 4.74 Å². The summed E-state index contributed by atoms with van der Waals surface area (Å²) in [4.78, 5) is 17.7. The number of carbonyl (C=O) groups is 1. The van der Waals surface area contributed by atoms with E-state index in [0.29, 0.717) is 24.6 Å². The fourth-order valence-electron chi connectivity index (χ4n) is 3.81. The van der Waals surface area contributed by atoms with E-state index < -0.39 is 6.36 Å². The van der Waals surface area contributed by atoms with E-state index in [0.717, 1.165) is 18.4 Å². The van der Waals surface area contributed by atoms with Crippen LogP contribution in [0.3, 0.4) is 0 Å². The summed E-state index contributed by atoms with van der Waals surface area (Å²) in [5, 5.41) is 1.22. The van der Waals surface area contributed by atoms with Crippen LogP contribution in [-0.2, 0) is 0 Å². The summed E-state index contributed by atoms with van der Waals surface area (Å²) >= 11 is 0. The molecule has 2 aromatic carbocycles. The van der Waals surface area contributed by atoms with Crippen molar-refractivity contribution in [3.05, 3.63) is 65.9 Å². The molecule has 0 radical (unpaired) electrons. The fraction of sp³-hybridized carbons (Fsp3) is 0.286. The number of hydrogen-bond acceptors (Lipinski definition) is 2. The third-order valence-corrected chi connectivity index (χ3v) is 5.18. The summed E-state index contributed by atoms with van der Waals surface area (Å²) in [6, 6.07) is 13.2. The molecule has 1 aliphatic rings. The predicted octanol–water partition coefficient (Wildman–Crippen LogP) is 5.09. The van der Waals surface area contributed by atoms with E-state index in [1.807, 2.05) is 24.4 Å². The van der Waals surface area contributed by atoms with Crippen LogP contribution in [0.4, 0.5) is 13.2 Å². The molecule has 2 heterocycles. The minimum absolute atomic E-state index is 0.170. The highest BCUT2D eigenvalue weighted by Gasteiger charge is 2.31. The molecule has 1 amide bonds. The first kappa shape index (κ1) is 18.4. The number of ether oxygens (including phenoxy) is 1. The summed E-state index contributed by atoms with van der Waals surface area (Å²) in [6.07, 6.45) is -0.992. The molecular weight excluding hydrogens is 369 g/mol. The molecule has 0 bridgehead atoms. The van der Waals surface area contributed by atoms with Gasteiger partial charge in [0.25, 0.3) is 5.91 Å². The molecule has 0 aliphatic carbocycles. The predicted molar refractivity (Wildman–Crippen MR) is 99.3 cm³/mol.